The van der Waals surface area contributed by atoms with Crippen molar-refractivity contribution in [3.8, 4) is 22.5 Å². The average Bonchev–Trinajstić information content (AvgIpc) is 3.04. The second kappa shape index (κ2) is 5.32. The van der Waals surface area contributed by atoms with Crippen molar-refractivity contribution in [1.82, 2.24) is 9.97 Å². The van der Waals surface area contributed by atoms with Crippen molar-refractivity contribution in [2.24, 2.45) is 0 Å². The van der Waals surface area contributed by atoms with Crippen LogP contribution in [0.1, 0.15) is 0 Å². The fourth-order valence-electron chi connectivity index (χ4n) is 2.61. The van der Waals surface area contributed by atoms with Gasteiger partial charge in [0.15, 0.2) is 11.6 Å². The van der Waals surface area contributed by atoms with E-state index < -0.39 is 11.6 Å². The molecule has 4 heteroatoms. The van der Waals surface area contributed by atoms with Gasteiger partial charge in [-0.05, 0) is 23.3 Å². The van der Waals surface area contributed by atoms with Gasteiger partial charge in [0.25, 0.3) is 0 Å². The highest BCUT2D eigenvalue weighted by Crippen LogP contribution is 2.26. The molecule has 23 heavy (non-hydrogen) atoms. The van der Waals surface area contributed by atoms with Crippen LogP contribution in [-0.2, 0) is 0 Å². The number of fused-ring (bicyclic) bond motifs is 1. The van der Waals surface area contributed by atoms with E-state index in [2.05, 4.69) is 9.97 Å². The van der Waals surface area contributed by atoms with E-state index in [1.165, 1.54) is 6.07 Å². The smallest absolute Gasteiger partial charge is 0.186 e. The van der Waals surface area contributed by atoms with Gasteiger partial charge in [0.1, 0.15) is 11.3 Å². The molecule has 0 saturated heterocycles. The van der Waals surface area contributed by atoms with Crippen LogP contribution in [0.25, 0.3) is 33.5 Å². The number of rotatable bonds is 2. The molecule has 0 fully saturated rings. The molecule has 0 atom stereocenters. The Morgan fingerprint density at radius 3 is 2.09 bits per heavy atom. The number of halogens is 2. The third-order valence-corrected chi connectivity index (χ3v) is 3.81. The number of imidazole rings is 1. The topological polar surface area (TPSA) is 28.7 Å². The Hall–Kier alpha value is -3.01. The van der Waals surface area contributed by atoms with Crippen LogP contribution < -0.4 is 0 Å². The van der Waals surface area contributed by atoms with Gasteiger partial charge in [0.2, 0.25) is 0 Å². The summed E-state index contributed by atoms with van der Waals surface area (Å²) in [4.78, 5) is 7.20. The number of hydrogen-bond donors (Lipinski definition) is 1. The second-order valence-corrected chi connectivity index (χ2v) is 5.29. The van der Waals surface area contributed by atoms with E-state index in [0.717, 1.165) is 22.8 Å². The molecule has 0 saturated carbocycles. The lowest BCUT2D eigenvalue weighted by atomic mass is 10.0. The summed E-state index contributed by atoms with van der Waals surface area (Å²) in [7, 11) is 0. The first-order valence-corrected chi connectivity index (χ1v) is 7.22. The largest absolute Gasteiger partial charge is 0.338 e. The SMILES string of the molecule is Fc1ccc2[nH]c(-c3ccc(-c4ccccc4)cc3)nc2c1F. The van der Waals surface area contributed by atoms with Crippen LogP contribution in [0.5, 0.6) is 0 Å². The molecule has 3 aromatic carbocycles. The highest BCUT2D eigenvalue weighted by atomic mass is 19.2. The van der Waals surface area contributed by atoms with Crippen LogP contribution in [0, 0.1) is 11.6 Å². The lowest BCUT2D eigenvalue weighted by Crippen LogP contribution is -1.84. The minimum atomic E-state index is -0.925. The van der Waals surface area contributed by atoms with Crippen LogP contribution >= 0.6 is 0 Å². The summed E-state index contributed by atoms with van der Waals surface area (Å²) in [5, 5.41) is 0. The zero-order chi connectivity index (χ0) is 15.8. The number of H-pyrrole nitrogens is 1. The van der Waals surface area contributed by atoms with E-state index in [0.29, 0.717) is 11.3 Å². The first kappa shape index (κ1) is 13.6. The number of aromatic amines is 1. The van der Waals surface area contributed by atoms with Gasteiger partial charge >= 0.3 is 0 Å². The number of hydrogen-bond acceptors (Lipinski definition) is 1. The molecule has 0 aliphatic carbocycles. The molecule has 4 rings (SSSR count). The van der Waals surface area contributed by atoms with Gasteiger partial charge in [0.05, 0.1) is 5.52 Å². The number of benzene rings is 3. The summed E-state index contributed by atoms with van der Waals surface area (Å²) in [6, 6.07) is 20.4. The molecule has 0 spiro atoms. The summed E-state index contributed by atoms with van der Waals surface area (Å²) >= 11 is 0. The normalized spacial score (nSPS) is 11.0. The first-order valence-electron chi connectivity index (χ1n) is 7.22. The summed E-state index contributed by atoms with van der Waals surface area (Å²) in [5.41, 5.74) is 3.53. The van der Waals surface area contributed by atoms with Crippen LogP contribution in [0.4, 0.5) is 8.78 Å². The van der Waals surface area contributed by atoms with Gasteiger partial charge in [-0.25, -0.2) is 13.8 Å². The van der Waals surface area contributed by atoms with Crippen molar-refractivity contribution in [3.63, 3.8) is 0 Å². The van der Waals surface area contributed by atoms with E-state index in [1.807, 2.05) is 54.6 Å². The zero-order valence-electron chi connectivity index (χ0n) is 12.1. The van der Waals surface area contributed by atoms with Gasteiger partial charge < -0.3 is 4.98 Å². The Bertz CT molecular complexity index is 974. The molecule has 1 N–H and O–H groups in total. The molecule has 0 bridgehead atoms. The van der Waals surface area contributed by atoms with E-state index in [-0.39, 0.29) is 5.52 Å². The maximum absolute atomic E-state index is 13.8. The molecule has 0 aliphatic rings. The highest BCUT2D eigenvalue weighted by molar-refractivity contribution is 5.80. The van der Waals surface area contributed by atoms with Crippen LogP contribution in [0.2, 0.25) is 0 Å². The molecule has 2 nitrogen and oxygen atoms in total. The maximum atomic E-state index is 13.8. The zero-order valence-corrected chi connectivity index (χ0v) is 12.1. The molecule has 1 aromatic heterocycles. The van der Waals surface area contributed by atoms with Crippen molar-refractivity contribution in [3.05, 3.63) is 78.4 Å². The third kappa shape index (κ3) is 2.38. The quantitative estimate of drug-likeness (QED) is 0.543. The third-order valence-electron chi connectivity index (χ3n) is 3.81. The van der Waals surface area contributed by atoms with Crippen LogP contribution in [0.15, 0.2) is 66.7 Å². The van der Waals surface area contributed by atoms with Gasteiger partial charge in [-0.3, -0.25) is 0 Å². The van der Waals surface area contributed by atoms with Gasteiger partial charge in [0, 0.05) is 5.56 Å². The fraction of sp³-hybridized carbons (Fsp3) is 0. The number of aromatic nitrogens is 2. The Morgan fingerprint density at radius 1 is 0.696 bits per heavy atom. The van der Waals surface area contributed by atoms with Crippen molar-refractivity contribution >= 4 is 11.0 Å². The van der Waals surface area contributed by atoms with Crippen LogP contribution in [-0.4, -0.2) is 9.97 Å². The van der Waals surface area contributed by atoms with Crippen LogP contribution in [0.3, 0.4) is 0 Å². The predicted octanol–water partition coefficient (Wildman–Crippen LogP) is 5.18. The molecular weight excluding hydrogens is 294 g/mol. The van der Waals surface area contributed by atoms with Gasteiger partial charge in [-0.15, -0.1) is 0 Å². The van der Waals surface area contributed by atoms with E-state index in [1.54, 1.807) is 0 Å². The minimum absolute atomic E-state index is 0.0205. The highest BCUT2D eigenvalue weighted by Gasteiger charge is 2.12. The molecule has 0 amide bonds. The summed E-state index contributed by atoms with van der Waals surface area (Å²) in [5.74, 6) is -1.30. The van der Waals surface area contributed by atoms with Gasteiger partial charge in [-0.1, -0.05) is 54.6 Å². The summed E-state index contributed by atoms with van der Waals surface area (Å²) in [6.07, 6.45) is 0. The van der Waals surface area contributed by atoms with E-state index in [9.17, 15) is 8.78 Å². The summed E-state index contributed by atoms with van der Waals surface area (Å²) in [6.45, 7) is 0. The average molecular weight is 306 g/mol. The van der Waals surface area contributed by atoms with E-state index in [4.69, 9.17) is 0 Å². The monoisotopic (exact) mass is 306 g/mol. The van der Waals surface area contributed by atoms with Gasteiger partial charge in [-0.2, -0.15) is 0 Å². The molecule has 0 aliphatic heterocycles. The van der Waals surface area contributed by atoms with E-state index >= 15 is 0 Å². The molecule has 1 heterocycles. The molecule has 112 valence electrons. The maximum Gasteiger partial charge on any atom is 0.186 e. The van der Waals surface area contributed by atoms with Crippen molar-refractivity contribution in [1.29, 1.82) is 0 Å². The second-order valence-electron chi connectivity index (χ2n) is 5.29. The summed E-state index contributed by atoms with van der Waals surface area (Å²) < 4.78 is 27.0. The van der Waals surface area contributed by atoms with Crippen molar-refractivity contribution in [2.75, 3.05) is 0 Å². The molecule has 0 radical (unpaired) electrons. The lowest BCUT2D eigenvalue weighted by Gasteiger charge is -2.02. The fourth-order valence-corrected chi connectivity index (χ4v) is 2.61. The lowest BCUT2D eigenvalue weighted by molar-refractivity contribution is 0.515. The molecular formula is C19H12F2N2. The van der Waals surface area contributed by atoms with Crippen molar-refractivity contribution < 1.29 is 8.78 Å². The first-order chi connectivity index (χ1) is 11.2. The predicted molar refractivity (Wildman–Crippen MR) is 86.9 cm³/mol. The minimum Gasteiger partial charge on any atom is -0.338 e. The Labute approximate surface area is 131 Å². The number of nitrogens with zero attached hydrogens (tertiary/aromatic N) is 1. The Morgan fingerprint density at radius 2 is 1.35 bits per heavy atom. The Kier molecular flexibility index (Phi) is 3.15. The number of nitrogens with one attached hydrogen (secondary N) is 1. The standard InChI is InChI=1S/C19H12F2N2/c20-15-10-11-16-18(17(15)21)23-19(22-16)14-8-6-13(7-9-14)12-4-2-1-3-5-12/h1-11H,(H,22,23). The molecule has 4 aromatic rings. The Balaban J connectivity index is 1.75. The van der Waals surface area contributed by atoms with Crippen molar-refractivity contribution in [2.45, 2.75) is 0 Å². The molecule has 0 unspecified atom stereocenters.